The summed E-state index contributed by atoms with van der Waals surface area (Å²) in [7, 11) is 1.98. The van der Waals surface area contributed by atoms with Gasteiger partial charge < -0.3 is 19.9 Å². The van der Waals surface area contributed by atoms with Crippen LogP contribution in [0.25, 0.3) is 33.4 Å². The maximum absolute atomic E-state index is 12.0. The van der Waals surface area contributed by atoms with Crippen LogP contribution in [0.2, 0.25) is 0 Å². The van der Waals surface area contributed by atoms with E-state index in [-0.39, 0.29) is 11.9 Å². The van der Waals surface area contributed by atoms with E-state index < -0.39 is 0 Å². The lowest BCUT2D eigenvalue weighted by Gasteiger charge is -2.31. The van der Waals surface area contributed by atoms with Crippen LogP contribution in [0, 0.1) is 6.92 Å². The Labute approximate surface area is 231 Å². The number of hydrogen-bond donors (Lipinski definition) is 1. The number of carbonyl (C=O) groups is 1. The van der Waals surface area contributed by atoms with E-state index in [4.69, 9.17) is 15.6 Å². The molecule has 10 heteroatoms. The quantitative estimate of drug-likeness (QED) is 0.307. The predicted molar refractivity (Wildman–Crippen MR) is 154 cm³/mol. The molecule has 4 aromatic heterocycles. The molecule has 1 amide bonds. The fourth-order valence-electron chi connectivity index (χ4n) is 5.36. The van der Waals surface area contributed by atoms with E-state index in [2.05, 4.69) is 27.7 Å². The summed E-state index contributed by atoms with van der Waals surface area (Å²) in [6.45, 7) is 6.96. The predicted octanol–water partition coefficient (Wildman–Crippen LogP) is 4.93. The van der Waals surface area contributed by atoms with Crippen LogP contribution in [-0.4, -0.2) is 53.2 Å². The number of nitrogens with zero attached hydrogens (tertiary/aromatic N) is 7. The van der Waals surface area contributed by atoms with Crippen molar-refractivity contribution in [3.05, 3.63) is 79.5 Å². The van der Waals surface area contributed by atoms with E-state index >= 15 is 0 Å². The number of amides is 1. The fraction of sp³-hybridized carbons (Fsp3) is 0.233. The average Bonchev–Trinajstić information content (AvgIpc) is 3.58. The van der Waals surface area contributed by atoms with E-state index in [1.807, 2.05) is 70.7 Å². The van der Waals surface area contributed by atoms with Crippen LogP contribution >= 0.6 is 0 Å². The first-order chi connectivity index (χ1) is 19.4. The Hall–Kier alpha value is -4.99. The van der Waals surface area contributed by atoms with Crippen molar-refractivity contribution >= 4 is 22.8 Å². The van der Waals surface area contributed by atoms with Crippen molar-refractivity contribution in [1.29, 1.82) is 0 Å². The first-order valence-electron chi connectivity index (χ1n) is 13.2. The van der Waals surface area contributed by atoms with Crippen molar-refractivity contribution in [1.82, 2.24) is 34.2 Å². The van der Waals surface area contributed by atoms with Gasteiger partial charge in [0.2, 0.25) is 11.8 Å². The number of anilines is 1. The second-order valence-electron chi connectivity index (χ2n) is 10.0. The van der Waals surface area contributed by atoms with Crippen molar-refractivity contribution in [2.24, 2.45) is 7.05 Å². The zero-order valence-electron chi connectivity index (χ0n) is 22.5. The van der Waals surface area contributed by atoms with Gasteiger partial charge in [-0.05, 0) is 49.1 Å². The number of likely N-dealkylation sites (tertiary alicyclic amines) is 1. The topological polar surface area (TPSA) is 117 Å². The molecule has 1 saturated heterocycles. The highest BCUT2D eigenvalue weighted by Gasteiger charge is 2.26. The van der Waals surface area contributed by atoms with Gasteiger partial charge in [0.15, 0.2) is 0 Å². The van der Waals surface area contributed by atoms with Crippen LogP contribution in [0.3, 0.4) is 0 Å². The maximum Gasteiger partial charge on any atom is 0.245 e. The number of nitrogen functional groups attached to an aromatic ring is 1. The van der Waals surface area contributed by atoms with Crippen LogP contribution in [0.4, 0.5) is 5.82 Å². The summed E-state index contributed by atoms with van der Waals surface area (Å²) in [4.78, 5) is 27.0. The van der Waals surface area contributed by atoms with Crippen LogP contribution < -0.4 is 10.5 Å². The molecule has 1 aromatic carbocycles. The molecule has 0 bridgehead atoms. The second-order valence-corrected chi connectivity index (χ2v) is 10.0. The Morgan fingerprint density at radius 1 is 1.05 bits per heavy atom. The summed E-state index contributed by atoms with van der Waals surface area (Å²) in [5.74, 6) is 1.61. The van der Waals surface area contributed by atoms with E-state index in [0.717, 1.165) is 51.8 Å². The Morgan fingerprint density at radius 3 is 2.52 bits per heavy atom. The molecule has 5 heterocycles. The van der Waals surface area contributed by atoms with E-state index in [1.54, 1.807) is 6.20 Å². The second kappa shape index (κ2) is 10.3. The zero-order chi connectivity index (χ0) is 27.8. The lowest BCUT2D eigenvalue weighted by Crippen LogP contribution is -2.38. The first-order valence-corrected chi connectivity index (χ1v) is 13.2. The van der Waals surface area contributed by atoms with Crippen LogP contribution in [0.1, 0.15) is 24.4 Å². The highest BCUT2D eigenvalue weighted by Crippen LogP contribution is 2.42. The SMILES string of the molecule is C=CC(=O)N1CCC(n2cc(-c3c(-c4ccc(Oc5ccc(C)cn5)cc4)c4c(N)ncnc4n3C)cn2)CC1. The van der Waals surface area contributed by atoms with Gasteiger partial charge in [-0.15, -0.1) is 0 Å². The molecular weight excluding hydrogens is 504 g/mol. The minimum absolute atomic E-state index is 0.0232. The van der Waals surface area contributed by atoms with Gasteiger partial charge in [-0.25, -0.2) is 15.0 Å². The molecule has 0 atom stereocenters. The molecule has 5 aromatic rings. The van der Waals surface area contributed by atoms with Crippen molar-refractivity contribution in [2.75, 3.05) is 18.8 Å². The van der Waals surface area contributed by atoms with Crippen molar-refractivity contribution in [3.63, 3.8) is 0 Å². The van der Waals surface area contributed by atoms with Crippen molar-refractivity contribution in [3.8, 4) is 34.0 Å². The number of fused-ring (bicyclic) bond motifs is 1. The van der Waals surface area contributed by atoms with Gasteiger partial charge in [0.25, 0.3) is 0 Å². The Kier molecular flexibility index (Phi) is 6.51. The molecule has 1 fully saturated rings. The molecule has 2 N–H and O–H groups in total. The molecule has 0 radical (unpaired) electrons. The minimum Gasteiger partial charge on any atom is -0.439 e. The van der Waals surface area contributed by atoms with E-state index in [9.17, 15) is 4.79 Å². The van der Waals surface area contributed by atoms with E-state index in [1.165, 1.54) is 12.4 Å². The largest absolute Gasteiger partial charge is 0.439 e. The third-order valence-corrected chi connectivity index (χ3v) is 7.45. The van der Waals surface area contributed by atoms with Gasteiger partial charge in [-0.2, -0.15) is 5.10 Å². The van der Waals surface area contributed by atoms with Crippen LogP contribution in [-0.2, 0) is 11.8 Å². The summed E-state index contributed by atoms with van der Waals surface area (Å²) >= 11 is 0. The number of rotatable bonds is 6. The molecule has 0 unspecified atom stereocenters. The van der Waals surface area contributed by atoms with Gasteiger partial charge in [0.1, 0.15) is 23.5 Å². The molecular formula is C30H30N8O2. The van der Waals surface area contributed by atoms with Gasteiger partial charge in [0, 0.05) is 49.7 Å². The molecule has 10 nitrogen and oxygen atoms in total. The van der Waals surface area contributed by atoms with Gasteiger partial charge in [0.05, 0.1) is 23.3 Å². The number of aromatic nitrogens is 6. The Balaban J connectivity index is 1.35. The summed E-state index contributed by atoms with van der Waals surface area (Å²) in [5.41, 5.74) is 12.0. The molecule has 1 aliphatic heterocycles. The van der Waals surface area contributed by atoms with Crippen LogP contribution in [0.5, 0.6) is 11.6 Å². The zero-order valence-corrected chi connectivity index (χ0v) is 22.5. The molecule has 0 aliphatic carbocycles. The molecule has 202 valence electrons. The first kappa shape index (κ1) is 25.3. The lowest BCUT2D eigenvalue weighted by molar-refractivity contribution is -0.127. The van der Waals surface area contributed by atoms with Crippen molar-refractivity contribution < 1.29 is 9.53 Å². The molecule has 40 heavy (non-hydrogen) atoms. The average molecular weight is 535 g/mol. The van der Waals surface area contributed by atoms with Gasteiger partial charge in [-0.3, -0.25) is 9.48 Å². The smallest absolute Gasteiger partial charge is 0.245 e. The Morgan fingerprint density at radius 2 is 1.82 bits per heavy atom. The van der Waals surface area contributed by atoms with Crippen LogP contribution in [0.15, 0.2) is 74.0 Å². The fourth-order valence-corrected chi connectivity index (χ4v) is 5.36. The van der Waals surface area contributed by atoms with E-state index in [0.29, 0.717) is 30.5 Å². The minimum atomic E-state index is -0.0232. The number of ether oxygens (including phenoxy) is 1. The third kappa shape index (κ3) is 4.57. The number of aryl methyl sites for hydroxylation is 2. The lowest BCUT2D eigenvalue weighted by atomic mass is 10.00. The van der Waals surface area contributed by atoms with Crippen molar-refractivity contribution in [2.45, 2.75) is 25.8 Å². The number of nitrogens with two attached hydrogens (primary N) is 1. The highest BCUT2D eigenvalue weighted by molar-refractivity contribution is 6.07. The molecule has 0 spiro atoms. The number of carbonyl (C=O) groups excluding carboxylic acids is 1. The number of benzene rings is 1. The molecule has 1 aliphatic rings. The van der Waals surface area contributed by atoms with Gasteiger partial charge in [-0.1, -0.05) is 24.8 Å². The summed E-state index contributed by atoms with van der Waals surface area (Å²) < 4.78 is 9.99. The normalized spacial score (nSPS) is 14.0. The summed E-state index contributed by atoms with van der Waals surface area (Å²) in [6.07, 6.45) is 10.2. The highest BCUT2D eigenvalue weighted by atomic mass is 16.5. The number of pyridine rings is 1. The third-order valence-electron chi connectivity index (χ3n) is 7.45. The Bertz CT molecular complexity index is 1690. The maximum atomic E-state index is 12.0. The summed E-state index contributed by atoms with van der Waals surface area (Å²) in [5, 5.41) is 5.52. The van der Waals surface area contributed by atoms with Gasteiger partial charge >= 0.3 is 0 Å². The summed E-state index contributed by atoms with van der Waals surface area (Å²) in [6, 6.07) is 11.9. The number of hydrogen-bond acceptors (Lipinski definition) is 7. The standard InChI is InChI=1S/C30H30N8O2/c1-4-25(39)37-13-11-22(12-14-37)38-17-21(16-35-38)28-26(27-29(31)33-18-34-30(27)36(28)3)20-6-8-23(9-7-20)40-24-10-5-19(2)15-32-24/h4-10,15-18,22H,1,11-14H2,2-3H3,(H2,31,33,34). The monoisotopic (exact) mass is 534 g/mol. The molecule has 0 saturated carbocycles. The number of piperidine rings is 1. The molecule has 6 rings (SSSR count).